The highest BCUT2D eigenvalue weighted by Crippen LogP contribution is 2.27. The van der Waals surface area contributed by atoms with E-state index in [0.29, 0.717) is 0 Å². The molecule has 1 heterocycles. The summed E-state index contributed by atoms with van der Waals surface area (Å²) in [4.78, 5) is 3.05. The molecule has 0 aliphatic heterocycles. The fourth-order valence-corrected chi connectivity index (χ4v) is 0.535. The normalized spacial score (nSPS) is 14.8. The Labute approximate surface area is 65.5 Å². The van der Waals surface area contributed by atoms with Crippen molar-refractivity contribution in [1.29, 1.82) is 0 Å². The van der Waals surface area contributed by atoms with E-state index in [4.69, 9.17) is 5.73 Å². The third-order valence-corrected chi connectivity index (χ3v) is 1.09. The molecule has 0 fully saturated rings. The van der Waals surface area contributed by atoms with Gasteiger partial charge in [-0.3, -0.25) is 0 Å². The van der Waals surface area contributed by atoms with Crippen LogP contribution in [-0.4, -0.2) is 10.1 Å². The summed E-state index contributed by atoms with van der Waals surface area (Å²) in [5.41, 5.74) is 5.22. The Morgan fingerprint density at radius 3 is 2.33 bits per heavy atom. The van der Waals surface area contributed by atoms with E-state index in [1.165, 1.54) is 6.92 Å². The van der Waals surface area contributed by atoms with Crippen molar-refractivity contribution in [3.05, 3.63) is 11.7 Å². The molecule has 0 spiro atoms. The summed E-state index contributed by atoms with van der Waals surface area (Å²) in [6.45, 7) is 1.46. The summed E-state index contributed by atoms with van der Waals surface area (Å²) in [5.74, 6) is -1.52. The molecule has 1 aromatic rings. The number of alkyl halides is 3. The molecule has 0 aromatic carbocycles. The summed E-state index contributed by atoms with van der Waals surface area (Å²) in [5, 5.41) is 3.05. The number of nitrogens with two attached hydrogens (primary N) is 1. The van der Waals surface area contributed by atoms with Gasteiger partial charge in [0.05, 0.1) is 6.04 Å². The molecule has 1 unspecified atom stereocenters. The topological polar surface area (TPSA) is 64.9 Å². The van der Waals surface area contributed by atoms with Crippen LogP contribution >= 0.6 is 0 Å². The zero-order chi connectivity index (χ0) is 9.35. The van der Waals surface area contributed by atoms with Crippen LogP contribution in [0.2, 0.25) is 0 Å². The second-order valence-electron chi connectivity index (χ2n) is 2.24. The fraction of sp³-hybridized carbons (Fsp3) is 0.600. The lowest BCUT2D eigenvalue weighted by atomic mass is 10.3. The fourth-order valence-electron chi connectivity index (χ4n) is 0.535. The van der Waals surface area contributed by atoms with Gasteiger partial charge in [-0.2, -0.15) is 18.2 Å². The lowest BCUT2D eigenvalue weighted by Crippen LogP contribution is -2.09. The molecule has 0 saturated carbocycles. The summed E-state index contributed by atoms with van der Waals surface area (Å²) in [6.07, 6.45) is -4.60. The molecule has 4 nitrogen and oxygen atoms in total. The third kappa shape index (κ3) is 1.73. The van der Waals surface area contributed by atoms with Crippen LogP contribution in [0.15, 0.2) is 4.52 Å². The van der Waals surface area contributed by atoms with Gasteiger partial charge in [0.1, 0.15) is 0 Å². The molecule has 7 heteroatoms. The van der Waals surface area contributed by atoms with Crippen LogP contribution in [0.3, 0.4) is 0 Å². The molecule has 1 rings (SSSR count). The number of nitrogens with zero attached hydrogens (tertiary/aromatic N) is 2. The van der Waals surface area contributed by atoms with Crippen LogP contribution in [0.25, 0.3) is 0 Å². The highest BCUT2D eigenvalue weighted by Gasteiger charge is 2.38. The molecule has 0 bridgehead atoms. The summed E-state index contributed by atoms with van der Waals surface area (Å²) >= 11 is 0. The molecule has 0 radical (unpaired) electrons. The molecule has 0 amide bonds. The maximum Gasteiger partial charge on any atom is 0.471 e. The van der Waals surface area contributed by atoms with E-state index in [2.05, 4.69) is 14.7 Å². The molecular weight excluding hydrogens is 175 g/mol. The predicted octanol–water partition coefficient (Wildman–Crippen LogP) is 1.11. The van der Waals surface area contributed by atoms with Crippen LogP contribution < -0.4 is 5.73 Å². The Morgan fingerprint density at radius 2 is 2.08 bits per heavy atom. The number of rotatable bonds is 1. The van der Waals surface area contributed by atoms with Crippen molar-refractivity contribution < 1.29 is 17.7 Å². The van der Waals surface area contributed by atoms with Crippen LogP contribution in [0.5, 0.6) is 0 Å². The van der Waals surface area contributed by atoms with Gasteiger partial charge in [-0.05, 0) is 6.92 Å². The first-order chi connectivity index (χ1) is 5.41. The van der Waals surface area contributed by atoms with Gasteiger partial charge >= 0.3 is 12.1 Å². The third-order valence-electron chi connectivity index (χ3n) is 1.09. The Kier molecular flexibility index (Phi) is 2.05. The summed E-state index contributed by atoms with van der Waals surface area (Å²) in [6, 6.07) is -0.662. The Balaban J connectivity index is 2.92. The van der Waals surface area contributed by atoms with Gasteiger partial charge in [-0.1, -0.05) is 5.16 Å². The van der Waals surface area contributed by atoms with E-state index >= 15 is 0 Å². The van der Waals surface area contributed by atoms with Crippen molar-refractivity contribution >= 4 is 0 Å². The number of hydrogen-bond donors (Lipinski definition) is 1. The average molecular weight is 181 g/mol. The zero-order valence-corrected chi connectivity index (χ0v) is 6.09. The number of hydrogen-bond acceptors (Lipinski definition) is 4. The minimum atomic E-state index is -4.60. The molecule has 0 aliphatic carbocycles. The van der Waals surface area contributed by atoms with Crippen molar-refractivity contribution in [3.63, 3.8) is 0 Å². The van der Waals surface area contributed by atoms with Gasteiger partial charge < -0.3 is 10.3 Å². The second-order valence-corrected chi connectivity index (χ2v) is 2.24. The van der Waals surface area contributed by atoms with Crippen molar-refractivity contribution in [3.8, 4) is 0 Å². The van der Waals surface area contributed by atoms with Gasteiger partial charge in [0.2, 0.25) is 0 Å². The van der Waals surface area contributed by atoms with E-state index in [-0.39, 0.29) is 5.82 Å². The summed E-state index contributed by atoms with van der Waals surface area (Å²) in [7, 11) is 0. The van der Waals surface area contributed by atoms with Crippen molar-refractivity contribution in [2.75, 3.05) is 0 Å². The van der Waals surface area contributed by atoms with Gasteiger partial charge in [0.25, 0.3) is 0 Å². The van der Waals surface area contributed by atoms with Gasteiger partial charge in [-0.15, -0.1) is 0 Å². The first-order valence-corrected chi connectivity index (χ1v) is 3.07. The molecule has 0 aliphatic rings. The van der Waals surface area contributed by atoms with Gasteiger partial charge in [-0.25, -0.2) is 0 Å². The predicted molar refractivity (Wildman–Crippen MR) is 31.9 cm³/mol. The second kappa shape index (κ2) is 2.74. The molecule has 68 valence electrons. The molecular formula is C5H6F3N3O. The quantitative estimate of drug-likeness (QED) is 0.704. The molecule has 0 saturated heterocycles. The minimum Gasteiger partial charge on any atom is -0.329 e. The zero-order valence-electron chi connectivity index (χ0n) is 6.09. The Bertz CT molecular complexity index is 267. The smallest absolute Gasteiger partial charge is 0.329 e. The Morgan fingerprint density at radius 1 is 1.50 bits per heavy atom. The lowest BCUT2D eigenvalue weighted by molar-refractivity contribution is -0.159. The van der Waals surface area contributed by atoms with Crippen LogP contribution in [-0.2, 0) is 6.18 Å². The van der Waals surface area contributed by atoms with Crippen molar-refractivity contribution in [1.82, 2.24) is 10.1 Å². The van der Waals surface area contributed by atoms with Crippen LogP contribution in [0, 0.1) is 0 Å². The van der Waals surface area contributed by atoms with E-state index in [0.717, 1.165) is 0 Å². The van der Waals surface area contributed by atoms with Gasteiger partial charge in [0.15, 0.2) is 5.82 Å². The van der Waals surface area contributed by atoms with E-state index < -0.39 is 18.1 Å². The standard InChI is InChI=1S/C5H6F3N3O/c1-2(9)3-10-4(12-11-3)5(6,7)8/h2H,9H2,1H3. The molecule has 12 heavy (non-hydrogen) atoms. The largest absolute Gasteiger partial charge is 0.471 e. The highest BCUT2D eigenvalue weighted by atomic mass is 19.4. The monoisotopic (exact) mass is 181 g/mol. The van der Waals surface area contributed by atoms with Crippen molar-refractivity contribution in [2.24, 2.45) is 5.73 Å². The maximum absolute atomic E-state index is 11.8. The van der Waals surface area contributed by atoms with E-state index in [9.17, 15) is 13.2 Å². The average Bonchev–Trinajstić information content (AvgIpc) is 2.30. The van der Waals surface area contributed by atoms with Crippen LogP contribution in [0.4, 0.5) is 13.2 Å². The highest BCUT2D eigenvalue weighted by molar-refractivity contribution is 4.93. The molecule has 1 aromatic heterocycles. The van der Waals surface area contributed by atoms with Crippen molar-refractivity contribution in [2.45, 2.75) is 19.1 Å². The summed E-state index contributed by atoms with van der Waals surface area (Å²) < 4.78 is 39.4. The van der Waals surface area contributed by atoms with Crippen LogP contribution in [0.1, 0.15) is 24.7 Å². The first-order valence-electron chi connectivity index (χ1n) is 3.07. The minimum absolute atomic E-state index is 0.151. The first kappa shape index (κ1) is 8.98. The van der Waals surface area contributed by atoms with Gasteiger partial charge in [0, 0.05) is 0 Å². The maximum atomic E-state index is 11.8. The Hall–Kier alpha value is -1.11. The molecule has 1 atom stereocenters. The van der Waals surface area contributed by atoms with E-state index in [1.54, 1.807) is 0 Å². The SMILES string of the molecule is CC(N)c1noc(C(F)(F)F)n1. The lowest BCUT2D eigenvalue weighted by Gasteiger charge is -1.96. The molecule has 2 N–H and O–H groups in total. The number of aromatic nitrogens is 2. The van der Waals surface area contributed by atoms with E-state index in [1.807, 2.05) is 0 Å². The number of halogens is 3.